The Balaban J connectivity index is 1.63. The van der Waals surface area contributed by atoms with Crippen LogP contribution in [-0.2, 0) is 34.5 Å². The number of carbonyl (C=O) groups excluding carboxylic acids is 1. The van der Waals surface area contributed by atoms with E-state index >= 15 is 9.18 Å². The maximum atomic E-state index is 15.6. The second kappa shape index (κ2) is 16.7. The van der Waals surface area contributed by atoms with Gasteiger partial charge in [0, 0.05) is 64.8 Å². The number of piperidine rings is 1. The van der Waals surface area contributed by atoms with Crippen LogP contribution in [0.3, 0.4) is 0 Å². The van der Waals surface area contributed by atoms with E-state index in [1.54, 1.807) is 0 Å². The lowest BCUT2D eigenvalue weighted by Crippen LogP contribution is -2.48. The number of thioether (sulfide) groups is 1. The van der Waals surface area contributed by atoms with Gasteiger partial charge in [-0.15, -0.1) is 11.8 Å². The van der Waals surface area contributed by atoms with E-state index in [2.05, 4.69) is 0 Å². The molecule has 1 aliphatic rings. The van der Waals surface area contributed by atoms with Crippen molar-refractivity contribution in [3.8, 4) is 11.1 Å². The fourth-order valence-electron chi connectivity index (χ4n) is 5.49. The second-order valence-corrected chi connectivity index (χ2v) is 12.4. The number of halogens is 5. The summed E-state index contributed by atoms with van der Waals surface area (Å²) in [5, 5.41) is -2.40. The van der Waals surface area contributed by atoms with Crippen LogP contribution < -0.4 is 5.43 Å². The van der Waals surface area contributed by atoms with Crippen LogP contribution in [0.5, 0.6) is 0 Å². The first-order valence-electron chi connectivity index (χ1n) is 25.3. The minimum atomic E-state index is -5.21. The molecular weight excluding hydrogens is 710 g/mol. The van der Waals surface area contributed by atoms with Crippen LogP contribution in [0.4, 0.5) is 22.0 Å². The molecule has 0 spiro atoms. The van der Waals surface area contributed by atoms with Gasteiger partial charge in [-0.2, -0.15) is 13.2 Å². The third kappa shape index (κ3) is 9.00. The number of aromatic nitrogens is 1. The molecule has 2 heterocycles. The zero-order valence-corrected chi connectivity index (χ0v) is 28.7. The van der Waals surface area contributed by atoms with Crippen LogP contribution in [-0.4, -0.2) is 59.7 Å². The monoisotopic (exact) mass is 768 g/mol. The van der Waals surface area contributed by atoms with Gasteiger partial charge in [0.25, 0.3) is 0 Å². The summed E-state index contributed by atoms with van der Waals surface area (Å²) in [6, 6.07) is -19.1. The number of alkyl halides is 3. The lowest BCUT2D eigenvalue weighted by atomic mass is 9.98. The van der Waals surface area contributed by atoms with Gasteiger partial charge in [-0.3, -0.25) is 9.59 Å². The summed E-state index contributed by atoms with van der Waals surface area (Å²) in [7, 11) is 1.45. The molecule has 0 unspecified atom stereocenters. The molecule has 53 heavy (non-hydrogen) atoms. The van der Waals surface area contributed by atoms with Crippen LogP contribution in [0.2, 0.25) is 0 Å². The van der Waals surface area contributed by atoms with Gasteiger partial charge < -0.3 is 19.1 Å². The smallest absolute Gasteiger partial charge is 0.383 e. The van der Waals surface area contributed by atoms with Crippen LogP contribution >= 0.6 is 11.8 Å². The molecule has 1 fully saturated rings. The van der Waals surface area contributed by atoms with Gasteiger partial charge in [0.05, 0.1) is 46.0 Å². The average Bonchev–Trinajstić information content (AvgIpc) is 3.31. The molecule has 4 aromatic carbocycles. The van der Waals surface area contributed by atoms with Crippen LogP contribution in [0.25, 0.3) is 22.0 Å². The van der Waals surface area contributed by atoms with Crippen LogP contribution in [0.15, 0.2) is 100 Å². The largest absolute Gasteiger partial charge is 0.416 e. The Morgan fingerprint density at radius 2 is 1.70 bits per heavy atom. The topological polar surface area (TPSA) is 54.8 Å². The summed E-state index contributed by atoms with van der Waals surface area (Å²) in [5.41, 5.74) is -12.8. The number of para-hydroxylation sites is 1. The number of methoxy groups -OCH3 is 1. The standard InChI is InChI=1S/C41H40F5N3O3S/c1-27-22-30(14-15-34(27)41(44,45)46)29-12-10-28(11-13-29)24-48(32-16-18-47(19-17-32)20-21-52-2)38(51)25-49-36-9-4-3-7-33(36)37(50)23-39(49)53-26-31-6-5-8-35(42)40(31)43/h3-15,22-23,32H,16-21,24-26H2,1-2H3/i3D,4D,5D,6D,7D,8D,9D,10D,11D,12D,13D,14D,15D,22D,23D,25D2,26D2. The fraction of sp³-hybridized carbons (Fsp3) is 0.317. The number of likely N-dealkylation sites (tertiary alicyclic amines) is 1. The highest BCUT2D eigenvalue weighted by atomic mass is 32.2. The highest BCUT2D eigenvalue weighted by molar-refractivity contribution is 7.98. The molecule has 5 aromatic rings. The van der Waals surface area contributed by atoms with Crippen molar-refractivity contribution in [1.82, 2.24) is 14.4 Å². The molecule has 278 valence electrons. The minimum absolute atomic E-state index is 0.0236. The fourth-order valence-corrected chi connectivity index (χ4v) is 6.20. The molecule has 0 saturated carbocycles. The molecule has 0 radical (unpaired) electrons. The number of hydrogen-bond donors (Lipinski definition) is 0. The molecule has 6 rings (SSSR count). The molecule has 1 amide bonds. The summed E-state index contributed by atoms with van der Waals surface area (Å²) in [6.45, 7) is -3.15. The first-order valence-corrected chi connectivity index (χ1v) is 16.6. The zero-order valence-electron chi connectivity index (χ0n) is 46.9. The number of nitrogens with zero attached hydrogens (tertiary/aromatic N) is 3. The molecular formula is C41H40F5N3O3S. The van der Waals surface area contributed by atoms with E-state index < -0.39 is 206 Å². The molecule has 1 aliphatic heterocycles. The first kappa shape index (κ1) is 20.8. The average molecular weight is 769 g/mol. The molecule has 6 nitrogen and oxygen atoms in total. The third-order valence-electron chi connectivity index (χ3n) is 8.18. The van der Waals surface area contributed by atoms with Crippen molar-refractivity contribution in [2.24, 2.45) is 0 Å². The van der Waals surface area contributed by atoms with Crippen molar-refractivity contribution in [3.63, 3.8) is 0 Å². The quantitative estimate of drug-likeness (QED) is 0.0940. The van der Waals surface area contributed by atoms with Crippen LogP contribution in [0, 0.1) is 18.6 Å². The third-order valence-corrected chi connectivity index (χ3v) is 8.96. The maximum Gasteiger partial charge on any atom is 0.416 e. The molecule has 0 bridgehead atoms. The first-order chi connectivity index (χ1) is 33.2. The van der Waals surface area contributed by atoms with Gasteiger partial charge in [0.2, 0.25) is 5.91 Å². The molecule has 0 aliphatic carbocycles. The van der Waals surface area contributed by atoms with Crippen molar-refractivity contribution in [1.29, 1.82) is 0 Å². The van der Waals surface area contributed by atoms with Gasteiger partial charge in [-0.05, 0) is 66.2 Å². The van der Waals surface area contributed by atoms with Gasteiger partial charge in [-0.25, -0.2) is 8.78 Å². The summed E-state index contributed by atoms with van der Waals surface area (Å²) in [6.07, 6.45) is -5.25. The molecule has 0 atom stereocenters. The van der Waals surface area contributed by atoms with Gasteiger partial charge in [0.1, 0.15) is 6.50 Å². The number of pyridine rings is 1. The summed E-state index contributed by atoms with van der Waals surface area (Å²) in [4.78, 5) is 32.0. The highest BCUT2D eigenvalue weighted by Crippen LogP contribution is 2.34. The van der Waals surface area contributed by atoms with E-state index in [9.17, 15) is 25.1 Å². The SMILES string of the molecule is [2H]c1c([2H])c(F)c(F)c(C([2H])([2H])Sc2c([2H])c(=O)c3c([2H])c([2H])c([2H])c([2H])c3n2C([2H])([2H])C(=O)N(Cc2c([2H])c([2H])c(-c3c([2H])c([2H])c(C(F)(F)F)c(C)c3[2H])c([2H])c2[2H])C2CCN(CCOC)CC2)c1[2H]. The number of fused-ring (bicyclic) bond motifs is 1. The minimum Gasteiger partial charge on any atom is -0.383 e. The number of ether oxygens (including phenoxy) is 1. The predicted molar refractivity (Wildman–Crippen MR) is 198 cm³/mol. The van der Waals surface area contributed by atoms with E-state index in [0.29, 0.717) is 6.54 Å². The zero-order chi connectivity index (χ0) is 54.3. The van der Waals surface area contributed by atoms with Crippen molar-refractivity contribution < 1.29 is 57.5 Å². The number of carbonyl (C=O) groups is 1. The van der Waals surface area contributed by atoms with Crippen LogP contribution in [0.1, 0.15) is 61.1 Å². The Bertz CT molecular complexity index is 3070. The number of amides is 1. The maximum absolute atomic E-state index is 15.6. The van der Waals surface area contributed by atoms with Crippen molar-refractivity contribution in [2.45, 2.75) is 55.8 Å². The van der Waals surface area contributed by atoms with E-state index in [0.717, 1.165) is 11.8 Å². The number of hydrogen-bond acceptors (Lipinski definition) is 5. The Labute approximate surface area is 335 Å². The van der Waals surface area contributed by atoms with Crippen molar-refractivity contribution in [2.75, 3.05) is 33.4 Å². The second-order valence-electron chi connectivity index (χ2n) is 11.6. The van der Waals surface area contributed by atoms with E-state index in [4.69, 9.17) is 28.0 Å². The van der Waals surface area contributed by atoms with E-state index in [-0.39, 0.29) is 37.1 Å². The van der Waals surface area contributed by atoms with Gasteiger partial charge >= 0.3 is 6.18 Å². The Hall–Kier alpha value is -4.52. The van der Waals surface area contributed by atoms with Crippen molar-refractivity contribution >= 4 is 28.6 Å². The molecule has 0 N–H and O–H groups in total. The number of benzene rings is 4. The summed E-state index contributed by atoms with van der Waals surface area (Å²) in [5.74, 6) is -6.00. The lowest BCUT2D eigenvalue weighted by molar-refractivity contribution is -0.138. The van der Waals surface area contributed by atoms with E-state index in [1.165, 1.54) is 7.11 Å². The normalized spacial score (nSPS) is 19.8. The Kier molecular flexibility index (Phi) is 6.54. The van der Waals surface area contributed by atoms with E-state index in [1.807, 2.05) is 4.90 Å². The molecule has 1 aromatic heterocycles. The summed E-state index contributed by atoms with van der Waals surface area (Å²) >= 11 is -0.485. The molecule has 1 saturated heterocycles. The van der Waals surface area contributed by atoms with Crippen molar-refractivity contribution in [3.05, 3.63) is 135 Å². The lowest BCUT2D eigenvalue weighted by Gasteiger charge is -2.39. The van der Waals surface area contributed by atoms with Gasteiger partial charge in [-0.1, -0.05) is 60.4 Å². The van der Waals surface area contributed by atoms with Gasteiger partial charge in [0.15, 0.2) is 17.1 Å². The highest BCUT2D eigenvalue weighted by Gasteiger charge is 2.32. The molecule has 12 heteroatoms. The predicted octanol–water partition coefficient (Wildman–Crippen LogP) is 8.71. The Morgan fingerprint density at radius 1 is 0.981 bits per heavy atom. The Morgan fingerprint density at radius 3 is 2.42 bits per heavy atom. The number of rotatable bonds is 12. The summed E-state index contributed by atoms with van der Waals surface area (Å²) < 4.78 is 242.